The Balaban J connectivity index is 2.42. The van der Waals surface area contributed by atoms with Gasteiger partial charge in [0.25, 0.3) is 0 Å². The van der Waals surface area contributed by atoms with Gasteiger partial charge < -0.3 is 5.32 Å². The molecule has 1 N–H and O–H groups in total. The summed E-state index contributed by atoms with van der Waals surface area (Å²) in [6.45, 7) is 13.7. The van der Waals surface area contributed by atoms with Gasteiger partial charge in [0.1, 0.15) is 0 Å². The van der Waals surface area contributed by atoms with Crippen molar-refractivity contribution in [3.05, 3.63) is 35.4 Å². The van der Waals surface area contributed by atoms with E-state index in [4.69, 9.17) is 0 Å². The lowest BCUT2D eigenvalue weighted by Gasteiger charge is -2.25. The first-order valence-corrected chi connectivity index (χ1v) is 7.74. The highest BCUT2D eigenvalue weighted by molar-refractivity contribution is 5.24. The lowest BCUT2D eigenvalue weighted by Crippen LogP contribution is -2.30. The minimum atomic E-state index is 0.381. The molecule has 108 valence electrons. The van der Waals surface area contributed by atoms with E-state index in [0.29, 0.717) is 11.3 Å². The highest BCUT2D eigenvalue weighted by atomic mass is 14.9. The SMILES string of the molecule is CCCNCC(C)(C)CCc1ccc(C(C)C)cc1. The summed E-state index contributed by atoms with van der Waals surface area (Å²) in [7, 11) is 0. The molecule has 1 aromatic rings. The lowest BCUT2D eigenvalue weighted by atomic mass is 9.86. The molecule has 0 spiro atoms. The highest BCUT2D eigenvalue weighted by Crippen LogP contribution is 2.23. The van der Waals surface area contributed by atoms with Crippen LogP contribution in [0, 0.1) is 5.41 Å². The first-order chi connectivity index (χ1) is 8.94. The molecule has 1 nitrogen and oxygen atoms in total. The van der Waals surface area contributed by atoms with Crippen molar-refractivity contribution >= 4 is 0 Å². The van der Waals surface area contributed by atoms with E-state index in [0.717, 1.165) is 13.1 Å². The Morgan fingerprint density at radius 1 is 1.11 bits per heavy atom. The van der Waals surface area contributed by atoms with Gasteiger partial charge in [0.2, 0.25) is 0 Å². The van der Waals surface area contributed by atoms with Gasteiger partial charge in [-0.3, -0.25) is 0 Å². The number of rotatable bonds is 8. The fourth-order valence-corrected chi connectivity index (χ4v) is 2.24. The summed E-state index contributed by atoms with van der Waals surface area (Å²) >= 11 is 0. The normalized spacial score (nSPS) is 12.1. The van der Waals surface area contributed by atoms with Crippen LogP contribution in [0.3, 0.4) is 0 Å². The van der Waals surface area contributed by atoms with E-state index < -0.39 is 0 Å². The molecule has 0 amide bonds. The second-order valence-corrected chi connectivity index (χ2v) is 6.74. The largest absolute Gasteiger partial charge is 0.316 e. The van der Waals surface area contributed by atoms with Crippen molar-refractivity contribution in [1.29, 1.82) is 0 Å². The standard InChI is InChI=1S/C18H31N/c1-6-13-19-14-18(4,5)12-11-16-7-9-17(10-8-16)15(2)3/h7-10,15,19H,6,11-14H2,1-5H3. The molecule has 0 atom stereocenters. The molecule has 0 unspecified atom stereocenters. The van der Waals surface area contributed by atoms with Crippen molar-refractivity contribution in [2.75, 3.05) is 13.1 Å². The molecule has 0 saturated heterocycles. The van der Waals surface area contributed by atoms with Crippen LogP contribution in [0.5, 0.6) is 0 Å². The first-order valence-electron chi connectivity index (χ1n) is 7.74. The van der Waals surface area contributed by atoms with Crippen LogP contribution in [-0.2, 0) is 6.42 Å². The van der Waals surface area contributed by atoms with Crippen molar-refractivity contribution in [3.63, 3.8) is 0 Å². The minimum Gasteiger partial charge on any atom is -0.316 e. The number of nitrogens with one attached hydrogen (secondary N) is 1. The van der Waals surface area contributed by atoms with Gasteiger partial charge in [0, 0.05) is 6.54 Å². The molecule has 1 heteroatoms. The fraction of sp³-hybridized carbons (Fsp3) is 0.667. The molecule has 1 aromatic carbocycles. The van der Waals surface area contributed by atoms with Crippen LogP contribution in [0.15, 0.2) is 24.3 Å². The second-order valence-electron chi connectivity index (χ2n) is 6.74. The molecule has 0 heterocycles. The summed E-state index contributed by atoms with van der Waals surface area (Å²) < 4.78 is 0. The summed E-state index contributed by atoms with van der Waals surface area (Å²) in [6.07, 6.45) is 3.64. The second kappa shape index (κ2) is 7.69. The summed E-state index contributed by atoms with van der Waals surface area (Å²) in [5.74, 6) is 0.628. The zero-order valence-electron chi connectivity index (χ0n) is 13.4. The van der Waals surface area contributed by atoms with Crippen LogP contribution in [0.4, 0.5) is 0 Å². The van der Waals surface area contributed by atoms with Gasteiger partial charge in [0.05, 0.1) is 0 Å². The molecule has 0 bridgehead atoms. The van der Waals surface area contributed by atoms with E-state index in [9.17, 15) is 0 Å². The maximum Gasteiger partial charge on any atom is 0.000263 e. The van der Waals surface area contributed by atoms with Crippen LogP contribution in [0.1, 0.15) is 64.5 Å². The summed E-state index contributed by atoms with van der Waals surface area (Å²) in [4.78, 5) is 0. The zero-order chi connectivity index (χ0) is 14.3. The van der Waals surface area contributed by atoms with Crippen LogP contribution >= 0.6 is 0 Å². The fourth-order valence-electron chi connectivity index (χ4n) is 2.24. The summed E-state index contributed by atoms with van der Waals surface area (Å²) in [5, 5.41) is 3.54. The van der Waals surface area contributed by atoms with Gasteiger partial charge in [-0.05, 0) is 48.3 Å². The Hall–Kier alpha value is -0.820. The van der Waals surface area contributed by atoms with Gasteiger partial charge in [-0.15, -0.1) is 0 Å². The number of hydrogen-bond donors (Lipinski definition) is 1. The summed E-state index contributed by atoms with van der Waals surface area (Å²) in [6, 6.07) is 9.15. The molecular formula is C18H31N. The van der Waals surface area contributed by atoms with Crippen molar-refractivity contribution in [2.45, 2.75) is 59.8 Å². The lowest BCUT2D eigenvalue weighted by molar-refractivity contribution is 0.315. The van der Waals surface area contributed by atoms with Gasteiger partial charge in [-0.25, -0.2) is 0 Å². The zero-order valence-corrected chi connectivity index (χ0v) is 13.4. The van der Waals surface area contributed by atoms with Crippen molar-refractivity contribution in [2.24, 2.45) is 5.41 Å². The highest BCUT2D eigenvalue weighted by Gasteiger charge is 2.16. The van der Waals surface area contributed by atoms with Crippen LogP contribution < -0.4 is 5.32 Å². The third-order valence-corrected chi connectivity index (χ3v) is 3.77. The maximum atomic E-state index is 3.54. The van der Waals surface area contributed by atoms with Gasteiger partial charge in [-0.2, -0.15) is 0 Å². The minimum absolute atomic E-state index is 0.381. The molecule has 0 aliphatic heterocycles. The van der Waals surface area contributed by atoms with Crippen LogP contribution in [-0.4, -0.2) is 13.1 Å². The Labute approximate surface area is 119 Å². The predicted molar refractivity (Wildman–Crippen MR) is 85.8 cm³/mol. The molecule has 0 aromatic heterocycles. The third-order valence-electron chi connectivity index (χ3n) is 3.77. The van der Waals surface area contributed by atoms with Crippen LogP contribution in [0.2, 0.25) is 0 Å². The van der Waals surface area contributed by atoms with Gasteiger partial charge in [-0.1, -0.05) is 58.9 Å². The Morgan fingerprint density at radius 2 is 1.74 bits per heavy atom. The maximum absolute atomic E-state index is 3.54. The van der Waals surface area contributed by atoms with E-state index in [1.807, 2.05) is 0 Å². The van der Waals surface area contributed by atoms with Crippen molar-refractivity contribution in [1.82, 2.24) is 5.32 Å². The first kappa shape index (κ1) is 16.2. The molecule has 0 aliphatic carbocycles. The van der Waals surface area contributed by atoms with Gasteiger partial charge in [0.15, 0.2) is 0 Å². The Morgan fingerprint density at radius 3 is 2.26 bits per heavy atom. The molecule has 0 saturated carbocycles. The van der Waals surface area contributed by atoms with E-state index in [2.05, 4.69) is 64.2 Å². The number of hydrogen-bond acceptors (Lipinski definition) is 1. The molecular weight excluding hydrogens is 230 g/mol. The smallest absolute Gasteiger partial charge is 0.000263 e. The molecule has 1 rings (SSSR count). The number of benzene rings is 1. The molecule has 0 radical (unpaired) electrons. The average Bonchev–Trinajstić information content (AvgIpc) is 2.37. The predicted octanol–water partition coefficient (Wildman–Crippen LogP) is 4.77. The molecule has 19 heavy (non-hydrogen) atoms. The van der Waals surface area contributed by atoms with E-state index >= 15 is 0 Å². The average molecular weight is 261 g/mol. The number of aryl methyl sites for hydroxylation is 1. The Bertz CT molecular complexity index is 348. The van der Waals surface area contributed by atoms with E-state index in [-0.39, 0.29) is 0 Å². The summed E-state index contributed by atoms with van der Waals surface area (Å²) in [5.41, 5.74) is 3.28. The molecule has 0 fully saturated rings. The quantitative estimate of drug-likeness (QED) is 0.665. The monoisotopic (exact) mass is 261 g/mol. The van der Waals surface area contributed by atoms with E-state index in [1.165, 1.54) is 30.4 Å². The topological polar surface area (TPSA) is 12.0 Å². The molecule has 0 aliphatic rings. The Kier molecular flexibility index (Phi) is 6.57. The third kappa shape index (κ3) is 6.24. The van der Waals surface area contributed by atoms with Gasteiger partial charge >= 0.3 is 0 Å². The van der Waals surface area contributed by atoms with Crippen molar-refractivity contribution in [3.8, 4) is 0 Å². The van der Waals surface area contributed by atoms with E-state index in [1.54, 1.807) is 0 Å². The van der Waals surface area contributed by atoms with Crippen LogP contribution in [0.25, 0.3) is 0 Å². The van der Waals surface area contributed by atoms with Crippen molar-refractivity contribution < 1.29 is 0 Å².